The van der Waals surface area contributed by atoms with Crippen molar-refractivity contribution in [3.63, 3.8) is 0 Å². The molecule has 0 aliphatic carbocycles. The Labute approximate surface area is 112 Å². The van der Waals surface area contributed by atoms with E-state index in [0.717, 1.165) is 11.1 Å². The Bertz CT molecular complexity index is 545. The van der Waals surface area contributed by atoms with Crippen molar-refractivity contribution in [1.29, 1.82) is 0 Å². The summed E-state index contributed by atoms with van der Waals surface area (Å²) >= 11 is 0. The van der Waals surface area contributed by atoms with E-state index in [0.29, 0.717) is 0 Å². The van der Waals surface area contributed by atoms with Crippen LogP contribution in [0.4, 0.5) is 0 Å². The van der Waals surface area contributed by atoms with Crippen LogP contribution in [-0.2, 0) is 24.0 Å². The zero-order valence-corrected chi connectivity index (χ0v) is 11.6. The van der Waals surface area contributed by atoms with E-state index < -0.39 is 22.7 Å². The van der Waals surface area contributed by atoms with Gasteiger partial charge in [0.15, 0.2) is 6.29 Å². The fourth-order valence-corrected chi connectivity index (χ4v) is 2.44. The monoisotopic (exact) mass is 287 g/mol. The first kappa shape index (κ1) is 14.4. The van der Waals surface area contributed by atoms with Crippen LogP contribution in [0.3, 0.4) is 0 Å². The Kier molecular flexibility index (Phi) is 4.22. The first-order valence-corrected chi connectivity index (χ1v) is 7.37. The van der Waals surface area contributed by atoms with E-state index in [-0.39, 0.29) is 12.7 Å². The van der Waals surface area contributed by atoms with Crippen LogP contribution in [0.5, 0.6) is 0 Å². The number of hydrogen-bond donors (Lipinski definition) is 1. The molecule has 1 fully saturated rings. The van der Waals surface area contributed by atoms with Gasteiger partial charge in [0.1, 0.15) is 12.2 Å². The van der Waals surface area contributed by atoms with E-state index in [1.807, 2.05) is 31.2 Å². The summed E-state index contributed by atoms with van der Waals surface area (Å²) < 4.78 is 37.5. The van der Waals surface area contributed by atoms with Gasteiger partial charge in [0, 0.05) is 0 Å². The second-order valence-corrected chi connectivity index (χ2v) is 5.65. The van der Waals surface area contributed by atoms with Gasteiger partial charge >= 0.3 is 10.3 Å². The predicted molar refractivity (Wildman–Crippen MR) is 68.4 cm³/mol. The molecule has 1 heterocycles. The van der Waals surface area contributed by atoms with Crippen molar-refractivity contribution >= 4 is 10.3 Å². The molecule has 3 unspecified atom stereocenters. The molecule has 1 aliphatic rings. The average Bonchev–Trinajstić information content (AvgIpc) is 2.67. The SMILES string of the molecule is Cc1ccccc1C1OC(C)OC1COS(N)(=O)=O. The molecule has 0 amide bonds. The summed E-state index contributed by atoms with van der Waals surface area (Å²) in [5.41, 5.74) is 2.00. The highest BCUT2D eigenvalue weighted by Crippen LogP contribution is 2.34. The Balaban J connectivity index is 2.16. The van der Waals surface area contributed by atoms with Gasteiger partial charge < -0.3 is 9.47 Å². The lowest BCUT2D eigenvalue weighted by Crippen LogP contribution is -2.27. The van der Waals surface area contributed by atoms with Crippen LogP contribution in [0.15, 0.2) is 24.3 Å². The molecule has 106 valence electrons. The van der Waals surface area contributed by atoms with Crippen molar-refractivity contribution in [2.24, 2.45) is 5.14 Å². The minimum absolute atomic E-state index is 0.165. The number of nitrogens with two attached hydrogens (primary N) is 1. The fraction of sp³-hybridized carbons (Fsp3) is 0.500. The second kappa shape index (κ2) is 5.56. The minimum Gasteiger partial charge on any atom is -0.344 e. The summed E-state index contributed by atoms with van der Waals surface area (Å²) in [4.78, 5) is 0. The summed E-state index contributed by atoms with van der Waals surface area (Å²) in [6, 6.07) is 7.70. The number of rotatable bonds is 4. The molecule has 1 aliphatic heterocycles. The molecular formula is C12H17NO5S. The molecule has 0 radical (unpaired) electrons. The Morgan fingerprint density at radius 3 is 2.63 bits per heavy atom. The van der Waals surface area contributed by atoms with E-state index >= 15 is 0 Å². The van der Waals surface area contributed by atoms with E-state index in [1.54, 1.807) is 6.92 Å². The predicted octanol–water partition coefficient (Wildman–Crippen LogP) is 1.02. The molecule has 1 saturated heterocycles. The summed E-state index contributed by atoms with van der Waals surface area (Å²) in [6.07, 6.45) is -1.29. The molecule has 1 aromatic rings. The van der Waals surface area contributed by atoms with Crippen LogP contribution in [0.2, 0.25) is 0 Å². The molecule has 19 heavy (non-hydrogen) atoms. The van der Waals surface area contributed by atoms with Gasteiger partial charge in [0.05, 0.1) is 6.61 Å². The smallest absolute Gasteiger partial charge is 0.333 e. The van der Waals surface area contributed by atoms with Gasteiger partial charge in [-0.15, -0.1) is 0 Å². The second-order valence-electron chi connectivity index (χ2n) is 4.43. The van der Waals surface area contributed by atoms with E-state index in [9.17, 15) is 8.42 Å². The summed E-state index contributed by atoms with van der Waals surface area (Å²) in [7, 11) is -3.98. The van der Waals surface area contributed by atoms with Crippen molar-refractivity contribution in [2.45, 2.75) is 32.3 Å². The topological polar surface area (TPSA) is 87.8 Å². The van der Waals surface area contributed by atoms with Crippen molar-refractivity contribution in [3.05, 3.63) is 35.4 Å². The van der Waals surface area contributed by atoms with Gasteiger partial charge in [0.25, 0.3) is 0 Å². The van der Waals surface area contributed by atoms with Crippen LogP contribution in [0, 0.1) is 6.92 Å². The Hall–Kier alpha value is -0.990. The highest BCUT2D eigenvalue weighted by atomic mass is 32.2. The van der Waals surface area contributed by atoms with E-state index in [4.69, 9.17) is 14.6 Å². The molecule has 2 rings (SSSR count). The number of benzene rings is 1. The molecule has 3 atom stereocenters. The lowest BCUT2D eigenvalue weighted by Gasteiger charge is -2.18. The molecule has 0 saturated carbocycles. The minimum atomic E-state index is -3.98. The van der Waals surface area contributed by atoms with E-state index in [1.165, 1.54) is 0 Å². The van der Waals surface area contributed by atoms with Crippen LogP contribution >= 0.6 is 0 Å². The summed E-state index contributed by atoms with van der Waals surface area (Å²) in [5, 5.41) is 4.82. The van der Waals surface area contributed by atoms with Crippen molar-refractivity contribution in [3.8, 4) is 0 Å². The third kappa shape index (κ3) is 3.74. The molecule has 7 heteroatoms. The lowest BCUT2D eigenvalue weighted by molar-refractivity contribution is -0.0550. The van der Waals surface area contributed by atoms with Crippen molar-refractivity contribution in [1.82, 2.24) is 0 Å². The van der Waals surface area contributed by atoms with Gasteiger partial charge in [0.2, 0.25) is 0 Å². The number of ether oxygens (including phenoxy) is 2. The normalized spacial score (nSPS) is 27.6. The van der Waals surface area contributed by atoms with Gasteiger partial charge in [-0.1, -0.05) is 24.3 Å². The van der Waals surface area contributed by atoms with Gasteiger partial charge in [-0.25, -0.2) is 5.14 Å². The number of aryl methyl sites for hydroxylation is 1. The maximum atomic E-state index is 10.8. The Morgan fingerprint density at radius 2 is 2.00 bits per heavy atom. The third-order valence-electron chi connectivity index (χ3n) is 2.93. The standard InChI is InChI=1S/C12H17NO5S/c1-8-5-3-4-6-10(8)12-11(17-9(2)18-12)7-16-19(13,14)15/h3-6,9,11-12H,7H2,1-2H3,(H2,13,14,15). The average molecular weight is 287 g/mol. The first-order valence-electron chi connectivity index (χ1n) is 5.90. The van der Waals surface area contributed by atoms with Crippen molar-refractivity contribution < 1.29 is 22.1 Å². The maximum absolute atomic E-state index is 10.8. The molecule has 6 nitrogen and oxygen atoms in total. The zero-order chi connectivity index (χ0) is 14.0. The fourth-order valence-electron chi connectivity index (χ4n) is 2.11. The number of hydrogen-bond acceptors (Lipinski definition) is 5. The zero-order valence-electron chi connectivity index (χ0n) is 10.8. The first-order chi connectivity index (χ1) is 8.87. The summed E-state index contributed by atoms with van der Waals surface area (Å²) in [6.45, 7) is 3.55. The van der Waals surface area contributed by atoms with Crippen LogP contribution in [-0.4, -0.2) is 27.4 Å². The van der Waals surface area contributed by atoms with Crippen LogP contribution in [0.25, 0.3) is 0 Å². The lowest BCUT2D eigenvalue weighted by atomic mass is 10.00. The molecule has 1 aromatic carbocycles. The van der Waals surface area contributed by atoms with Crippen LogP contribution < -0.4 is 5.14 Å². The van der Waals surface area contributed by atoms with Gasteiger partial charge in [-0.2, -0.15) is 8.42 Å². The van der Waals surface area contributed by atoms with Crippen molar-refractivity contribution in [2.75, 3.05) is 6.61 Å². The molecule has 0 spiro atoms. The highest BCUT2D eigenvalue weighted by Gasteiger charge is 2.36. The maximum Gasteiger partial charge on any atom is 0.333 e. The molecule has 0 aromatic heterocycles. The molecule has 0 bridgehead atoms. The van der Waals surface area contributed by atoms with Gasteiger partial charge in [-0.05, 0) is 25.0 Å². The van der Waals surface area contributed by atoms with Gasteiger partial charge in [-0.3, -0.25) is 4.18 Å². The van der Waals surface area contributed by atoms with E-state index in [2.05, 4.69) is 4.18 Å². The largest absolute Gasteiger partial charge is 0.344 e. The van der Waals surface area contributed by atoms with Crippen LogP contribution in [0.1, 0.15) is 24.2 Å². The Morgan fingerprint density at radius 1 is 1.32 bits per heavy atom. The molecule has 2 N–H and O–H groups in total. The summed E-state index contributed by atoms with van der Waals surface area (Å²) in [5.74, 6) is 0. The third-order valence-corrected chi connectivity index (χ3v) is 3.40. The quantitative estimate of drug-likeness (QED) is 0.893. The molecular weight excluding hydrogens is 270 g/mol. The highest BCUT2D eigenvalue weighted by molar-refractivity contribution is 7.84.